The Labute approximate surface area is 151 Å². The molecule has 4 rings (SSSR count). The first-order valence-electron chi connectivity index (χ1n) is 8.92. The Balaban J connectivity index is 1.44. The molecule has 1 aromatic heterocycles. The summed E-state index contributed by atoms with van der Waals surface area (Å²) in [6.45, 7) is 3.93. The first-order valence-corrected chi connectivity index (χ1v) is 8.92. The molecule has 2 aliphatic rings. The number of aryl methyl sites for hydroxylation is 2. The number of hydrogen-bond acceptors (Lipinski definition) is 4. The molecule has 1 atom stereocenters. The molecule has 26 heavy (non-hydrogen) atoms. The van der Waals surface area contributed by atoms with E-state index in [-0.39, 0.29) is 0 Å². The lowest BCUT2D eigenvalue weighted by molar-refractivity contribution is -0.155. The molecule has 7 heteroatoms. The van der Waals surface area contributed by atoms with Gasteiger partial charge in [-0.2, -0.15) is 5.10 Å². The smallest absolute Gasteiger partial charge is 0.315 e. The molecular weight excluding hydrogens is 332 g/mol. The third kappa shape index (κ3) is 3.10. The van der Waals surface area contributed by atoms with Crippen LogP contribution in [0.25, 0.3) is 0 Å². The SMILES string of the molecule is CC1(c2ccccc2)CN(C(=O)C(=O)Nc2cc3n(n2)CCC3)CCO1. The highest BCUT2D eigenvalue weighted by atomic mass is 16.5. The van der Waals surface area contributed by atoms with Crippen molar-refractivity contribution in [3.63, 3.8) is 0 Å². The number of amides is 2. The van der Waals surface area contributed by atoms with E-state index in [1.54, 1.807) is 4.90 Å². The highest BCUT2D eigenvalue weighted by Crippen LogP contribution is 2.29. The first-order chi connectivity index (χ1) is 12.5. The van der Waals surface area contributed by atoms with Crippen molar-refractivity contribution >= 4 is 17.6 Å². The van der Waals surface area contributed by atoms with Gasteiger partial charge in [-0.1, -0.05) is 30.3 Å². The fourth-order valence-corrected chi connectivity index (χ4v) is 3.64. The zero-order valence-electron chi connectivity index (χ0n) is 14.8. The van der Waals surface area contributed by atoms with E-state index in [2.05, 4.69) is 10.4 Å². The quantitative estimate of drug-likeness (QED) is 0.830. The number of carbonyl (C=O) groups is 2. The summed E-state index contributed by atoms with van der Waals surface area (Å²) in [7, 11) is 0. The van der Waals surface area contributed by atoms with Gasteiger partial charge in [0.25, 0.3) is 0 Å². The molecule has 2 aromatic rings. The maximum absolute atomic E-state index is 12.6. The standard InChI is InChI=1S/C19H22N4O3/c1-19(14-6-3-2-4-7-14)13-22(10-11-26-19)18(25)17(24)20-16-12-15-8-5-9-23(15)21-16/h2-4,6-7,12H,5,8-11,13H2,1H3,(H,20,21,24). The summed E-state index contributed by atoms with van der Waals surface area (Å²) in [6.07, 6.45) is 2.02. The second-order valence-corrected chi connectivity index (χ2v) is 6.97. The summed E-state index contributed by atoms with van der Waals surface area (Å²) in [5, 5.41) is 6.96. The number of anilines is 1. The first kappa shape index (κ1) is 16.8. The maximum atomic E-state index is 12.6. The van der Waals surface area contributed by atoms with Crippen LogP contribution in [0.3, 0.4) is 0 Å². The van der Waals surface area contributed by atoms with Crippen molar-refractivity contribution < 1.29 is 14.3 Å². The van der Waals surface area contributed by atoms with Crippen molar-refractivity contribution in [3.8, 4) is 0 Å². The molecule has 7 nitrogen and oxygen atoms in total. The molecule has 1 unspecified atom stereocenters. The number of aromatic nitrogens is 2. The molecule has 2 aliphatic heterocycles. The van der Waals surface area contributed by atoms with Crippen molar-refractivity contribution in [1.29, 1.82) is 0 Å². The lowest BCUT2D eigenvalue weighted by Crippen LogP contribution is -2.53. The van der Waals surface area contributed by atoms with E-state index in [0.29, 0.717) is 25.5 Å². The van der Waals surface area contributed by atoms with Crippen LogP contribution in [0.5, 0.6) is 0 Å². The summed E-state index contributed by atoms with van der Waals surface area (Å²) in [6, 6.07) is 11.6. The van der Waals surface area contributed by atoms with Crippen molar-refractivity contribution in [2.24, 2.45) is 0 Å². The third-order valence-electron chi connectivity index (χ3n) is 5.05. The van der Waals surface area contributed by atoms with E-state index in [1.807, 2.05) is 48.0 Å². The van der Waals surface area contributed by atoms with Gasteiger partial charge in [0.15, 0.2) is 5.82 Å². The zero-order chi connectivity index (χ0) is 18.1. The van der Waals surface area contributed by atoms with Crippen LogP contribution in [0, 0.1) is 0 Å². The van der Waals surface area contributed by atoms with Gasteiger partial charge in [0, 0.05) is 24.8 Å². The maximum Gasteiger partial charge on any atom is 0.315 e. The lowest BCUT2D eigenvalue weighted by Gasteiger charge is -2.40. The predicted molar refractivity (Wildman–Crippen MR) is 95.5 cm³/mol. The van der Waals surface area contributed by atoms with Crippen molar-refractivity contribution in [2.45, 2.75) is 31.9 Å². The summed E-state index contributed by atoms with van der Waals surface area (Å²) < 4.78 is 7.81. The number of benzene rings is 1. The number of nitrogens with one attached hydrogen (secondary N) is 1. The average molecular weight is 354 g/mol. The van der Waals surface area contributed by atoms with Crippen LogP contribution < -0.4 is 5.32 Å². The van der Waals surface area contributed by atoms with Crippen molar-refractivity contribution in [1.82, 2.24) is 14.7 Å². The van der Waals surface area contributed by atoms with Crippen LogP contribution in [0.15, 0.2) is 36.4 Å². The van der Waals surface area contributed by atoms with Crippen LogP contribution in [-0.4, -0.2) is 46.2 Å². The molecule has 1 saturated heterocycles. The van der Waals surface area contributed by atoms with Gasteiger partial charge in [-0.25, -0.2) is 0 Å². The number of nitrogens with zero attached hydrogens (tertiary/aromatic N) is 3. The number of hydrogen-bond donors (Lipinski definition) is 1. The van der Waals surface area contributed by atoms with E-state index in [4.69, 9.17) is 4.74 Å². The Bertz CT molecular complexity index is 811. The molecule has 1 N–H and O–H groups in total. The average Bonchev–Trinajstić information content (AvgIpc) is 3.23. The number of ether oxygens (including phenoxy) is 1. The predicted octanol–water partition coefficient (Wildman–Crippen LogP) is 1.54. The Hall–Kier alpha value is -2.67. The molecule has 2 amide bonds. The summed E-state index contributed by atoms with van der Waals surface area (Å²) in [5.74, 6) is -0.764. The number of carbonyl (C=O) groups excluding carboxylic acids is 2. The minimum Gasteiger partial charge on any atom is -0.367 e. The minimum absolute atomic E-state index is 0.336. The van der Waals surface area contributed by atoms with E-state index < -0.39 is 17.4 Å². The Morgan fingerprint density at radius 2 is 2.04 bits per heavy atom. The van der Waals surface area contributed by atoms with Crippen LogP contribution >= 0.6 is 0 Å². The lowest BCUT2D eigenvalue weighted by atomic mass is 9.94. The van der Waals surface area contributed by atoms with Crippen LogP contribution in [0.4, 0.5) is 5.82 Å². The number of fused-ring (bicyclic) bond motifs is 1. The van der Waals surface area contributed by atoms with Gasteiger partial charge in [0.05, 0.1) is 13.2 Å². The number of rotatable bonds is 2. The monoisotopic (exact) mass is 354 g/mol. The van der Waals surface area contributed by atoms with Gasteiger partial charge in [0.1, 0.15) is 5.60 Å². The fourth-order valence-electron chi connectivity index (χ4n) is 3.64. The summed E-state index contributed by atoms with van der Waals surface area (Å²) >= 11 is 0. The minimum atomic E-state index is -0.654. The summed E-state index contributed by atoms with van der Waals surface area (Å²) in [5.41, 5.74) is 1.46. The fraction of sp³-hybridized carbons (Fsp3) is 0.421. The normalized spacial score (nSPS) is 22.1. The highest BCUT2D eigenvalue weighted by molar-refractivity contribution is 6.39. The van der Waals surface area contributed by atoms with Crippen LogP contribution in [-0.2, 0) is 32.9 Å². The number of morpholine rings is 1. The molecule has 136 valence electrons. The van der Waals surface area contributed by atoms with Gasteiger partial charge in [0.2, 0.25) is 0 Å². The van der Waals surface area contributed by atoms with E-state index >= 15 is 0 Å². The van der Waals surface area contributed by atoms with E-state index in [1.165, 1.54) is 0 Å². The molecule has 3 heterocycles. The van der Waals surface area contributed by atoms with Crippen molar-refractivity contribution in [2.75, 3.05) is 25.0 Å². The molecule has 0 spiro atoms. The second kappa shape index (κ2) is 6.57. The molecular formula is C19H22N4O3. The largest absolute Gasteiger partial charge is 0.367 e. The zero-order valence-corrected chi connectivity index (χ0v) is 14.8. The van der Waals surface area contributed by atoms with Gasteiger partial charge >= 0.3 is 11.8 Å². The molecule has 0 saturated carbocycles. The topological polar surface area (TPSA) is 76.5 Å². The Morgan fingerprint density at radius 3 is 2.81 bits per heavy atom. The van der Waals surface area contributed by atoms with E-state index in [9.17, 15) is 9.59 Å². The molecule has 0 aliphatic carbocycles. The molecule has 0 radical (unpaired) electrons. The van der Waals surface area contributed by atoms with Crippen LogP contribution in [0.2, 0.25) is 0 Å². The van der Waals surface area contributed by atoms with Gasteiger partial charge in [-0.3, -0.25) is 14.3 Å². The van der Waals surface area contributed by atoms with Gasteiger partial charge in [-0.05, 0) is 25.3 Å². The van der Waals surface area contributed by atoms with Crippen LogP contribution in [0.1, 0.15) is 24.6 Å². The third-order valence-corrected chi connectivity index (χ3v) is 5.05. The Morgan fingerprint density at radius 1 is 1.23 bits per heavy atom. The summed E-state index contributed by atoms with van der Waals surface area (Å²) in [4.78, 5) is 26.6. The molecule has 0 bridgehead atoms. The van der Waals surface area contributed by atoms with Gasteiger partial charge in [-0.15, -0.1) is 0 Å². The Kier molecular flexibility index (Phi) is 4.24. The van der Waals surface area contributed by atoms with E-state index in [0.717, 1.165) is 30.6 Å². The molecule has 1 fully saturated rings. The second-order valence-electron chi connectivity index (χ2n) is 6.97. The highest BCUT2D eigenvalue weighted by Gasteiger charge is 2.37. The van der Waals surface area contributed by atoms with Gasteiger partial charge < -0.3 is 15.0 Å². The van der Waals surface area contributed by atoms with Crippen molar-refractivity contribution in [3.05, 3.63) is 47.7 Å². The molecule has 1 aromatic carbocycles.